The summed E-state index contributed by atoms with van der Waals surface area (Å²) in [5.41, 5.74) is 0.954. The second kappa shape index (κ2) is 8.50. The number of piperazine rings is 1. The molecule has 2 aliphatic rings. The molecule has 1 aromatic carbocycles. The number of hydrogen-bond acceptors (Lipinski definition) is 4. The maximum Gasteiger partial charge on any atom is 0.272 e. The van der Waals surface area contributed by atoms with Gasteiger partial charge in [0.1, 0.15) is 0 Å². The molecule has 27 heavy (non-hydrogen) atoms. The Morgan fingerprint density at radius 2 is 1.74 bits per heavy atom. The van der Waals surface area contributed by atoms with Crippen molar-refractivity contribution in [3.8, 4) is 0 Å². The maximum atomic E-state index is 12.7. The molecule has 0 radical (unpaired) electrons. The van der Waals surface area contributed by atoms with E-state index in [1.165, 1.54) is 37.8 Å². The van der Waals surface area contributed by atoms with Gasteiger partial charge in [-0.1, -0.05) is 25.7 Å². The molecule has 1 aromatic rings. The van der Waals surface area contributed by atoms with Gasteiger partial charge < -0.3 is 9.80 Å². The number of nitro groups is 1. The van der Waals surface area contributed by atoms with Crippen LogP contribution in [0, 0.1) is 23.0 Å². The van der Waals surface area contributed by atoms with Crippen LogP contribution >= 0.6 is 0 Å². The van der Waals surface area contributed by atoms with Crippen molar-refractivity contribution < 1.29 is 14.5 Å². The van der Waals surface area contributed by atoms with Crippen LogP contribution in [0.1, 0.15) is 54.4 Å². The molecule has 1 aliphatic heterocycles. The van der Waals surface area contributed by atoms with Crippen LogP contribution in [0.2, 0.25) is 0 Å². The Hall–Kier alpha value is -2.44. The van der Waals surface area contributed by atoms with Crippen molar-refractivity contribution in [2.24, 2.45) is 5.92 Å². The van der Waals surface area contributed by atoms with Gasteiger partial charge in [0.05, 0.1) is 4.92 Å². The van der Waals surface area contributed by atoms with Crippen LogP contribution in [0.5, 0.6) is 0 Å². The average Bonchev–Trinajstić information content (AvgIpc) is 3.19. The minimum Gasteiger partial charge on any atom is -0.339 e. The first kappa shape index (κ1) is 19.3. The molecule has 0 aromatic heterocycles. The quantitative estimate of drug-likeness (QED) is 0.586. The summed E-state index contributed by atoms with van der Waals surface area (Å²) in [7, 11) is 0. The summed E-state index contributed by atoms with van der Waals surface area (Å²) in [6.45, 7) is 3.76. The predicted octanol–water partition coefficient (Wildman–Crippen LogP) is 3.16. The van der Waals surface area contributed by atoms with Crippen LogP contribution in [0.25, 0.3) is 0 Å². The molecule has 0 bridgehead atoms. The molecule has 1 saturated carbocycles. The zero-order valence-corrected chi connectivity index (χ0v) is 15.9. The van der Waals surface area contributed by atoms with Gasteiger partial charge in [-0.25, -0.2) is 0 Å². The molecular formula is C20H27N3O4. The van der Waals surface area contributed by atoms with Gasteiger partial charge in [0.25, 0.3) is 11.6 Å². The Morgan fingerprint density at radius 1 is 1.11 bits per heavy atom. The zero-order valence-electron chi connectivity index (χ0n) is 15.9. The van der Waals surface area contributed by atoms with Gasteiger partial charge in [-0.15, -0.1) is 0 Å². The van der Waals surface area contributed by atoms with E-state index in [-0.39, 0.29) is 17.5 Å². The first-order valence-electron chi connectivity index (χ1n) is 9.78. The van der Waals surface area contributed by atoms with E-state index >= 15 is 0 Å². The summed E-state index contributed by atoms with van der Waals surface area (Å²) >= 11 is 0. The normalized spacial score (nSPS) is 18.0. The molecule has 7 nitrogen and oxygen atoms in total. The van der Waals surface area contributed by atoms with E-state index in [2.05, 4.69) is 0 Å². The molecule has 1 heterocycles. The largest absolute Gasteiger partial charge is 0.339 e. The van der Waals surface area contributed by atoms with Crippen molar-refractivity contribution in [3.05, 3.63) is 39.4 Å². The van der Waals surface area contributed by atoms with Crippen molar-refractivity contribution in [3.63, 3.8) is 0 Å². The highest BCUT2D eigenvalue weighted by Gasteiger charge is 2.26. The lowest BCUT2D eigenvalue weighted by Crippen LogP contribution is -2.50. The fraction of sp³-hybridized carbons (Fsp3) is 0.600. The summed E-state index contributed by atoms with van der Waals surface area (Å²) in [6.07, 6.45) is 6.69. The lowest BCUT2D eigenvalue weighted by atomic mass is 10.0. The molecule has 2 amide bonds. The summed E-state index contributed by atoms with van der Waals surface area (Å²) in [4.78, 5) is 39.1. The number of benzene rings is 1. The molecule has 0 unspecified atom stereocenters. The Kier molecular flexibility index (Phi) is 6.08. The van der Waals surface area contributed by atoms with E-state index in [1.54, 1.807) is 17.9 Å². The Bertz CT molecular complexity index is 720. The van der Waals surface area contributed by atoms with Gasteiger partial charge in [-0.3, -0.25) is 19.7 Å². The number of amides is 2. The van der Waals surface area contributed by atoms with Gasteiger partial charge in [-0.05, 0) is 31.4 Å². The minimum absolute atomic E-state index is 0.0178. The van der Waals surface area contributed by atoms with Crippen LogP contribution < -0.4 is 0 Å². The fourth-order valence-electron chi connectivity index (χ4n) is 4.12. The lowest BCUT2D eigenvalue weighted by Gasteiger charge is -2.35. The second-order valence-corrected chi connectivity index (χ2v) is 7.62. The summed E-state index contributed by atoms with van der Waals surface area (Å²) in [6, 6.07) is 4.46. The van der Waals surface area contributed by atoms with Gasteiger partial charge in [-0.2, -0.15) is 0 Å². The molecule has 7 heteroatoms. The Morgan fingerprint density at radius 3 is 2.33 bits per heavy atom. The van der Waals surface area contributed by atoms with Crippen molar-refractivity contribution in [2.75, 3.05) is 26.2 Å². The highest BCUT2D eigenvalue weighted by atomic mass is 16.6. The second-order valence-electron chi connectivity index (χ2n) is 7.62. The third-order valence-corrected chi connectivity index (χ3v) is 5.80. The molecule has 2 fully saturated rings. The van der Waals surface area contributed by atoms with Crippen molar-refractivity contribution in [2.45, 2.75) is 45.4 Å². The highest BCUT2D eigenvalue weighted by molar-refractivity contribution is 5.95. The maximum absolute atomic E-state index is 12.7. The van der Waals surface area contributed by atoms with Crippen LogP contribution in [0.3, 0.4) is 0 Å². The Labute approximate surface area is 159 Å². The van der Waals surface area contributed by atoms with E-state index in [4.69, 9.17) is 0 Å². The van der Waals surface area contributed by atoms with E-state index in [9.17, 15) is 19.7 Å². The highest BCUT2D eigenvalue weighted by Crippen LogP contribution is 2.28. The van der Waals surface area contributed by atoms with Crippen molar-refractivity contribution in [1.82, 2.24) is 9.80 Å². The standard InChI is InChI=1S/C20H27N3O4/c1-15-14-17(7-8-18(15)23(26)27)20(25)22-12-10-21(11-13-22)19(24)9-6-16-4-2-3-5-16/h7-8,14,16H,2-6,9-13H2,1H3. The molecule has 0 atom stereocenters. The van der Waals surface area contributed by atoms with Crippen LogP contribution in [-0.2, 0) is 4.79 Å². The van der Waals surface area contributed by atoms with Crippen molar-refractivity contribution in [1.29, 1.82) is 0 Å². The van der Waals surface area contributed by atoms with Gasteiger partial charge in [0, 0.05) is 49.8 Å². The van der Waals surface area contributed by atoms with E-state index in [1.807, 2.05) is 4.90 Å². The predicted molar refractivity (Wildman–Crippen MR) is 102 cm³/mol. The lowest BCUT2D eigenvalue weighted by molar-refractivity contribution is -0.385. The minimum atomic E-state index is -0.445. The van der Waals surface area contributed by atoms with Gasteiger partial charge in [0.15, 0.2) is 0 Å². The number of hydrogen-bond donors (Lipinski definition) is 0. The van der Waals surface area contributed by atoms with E-state index in [0.29, 0.717) is 49.6 Å². The van der Waals surface area contributed by atoms with Gasteiger partial charge >= 0.3 is 0 Å². The molecule has 146 valence electrons. The van der Waals surface area contributed by atoms with E-state index in [0.717, 1.165) is 6.42 Å². The first-order valence-corrected chi connectivity index (χ1v) is 9.78. The number of aryl methyl sites for hydroxylation is 1. The number of nitrogens with zero attached hydrogens (tertiary/aromatic N) is 3. The number of nitro benzene ring substituents is 1. The van der Waals surface area contributed by atoms with Gasteiger partial charge in [0.2, 0.25) is 5.91 Å². The molecule has 1 aliphatic carbocycles. The van der Waals surface area contributed by atoms with E-state index < -0.39 is 4.92 Å². The number of carbonyl (C=O) groups is 2. The van der Waals surface area contributed by atoms with Crippen molar-refractivity contribution >= 4 is 17.5 Å². The molecule has 0 spiro atoms. The van der Waals surface area contributed by atoms with Crippen LogP contribution in [0.15, 0.2) is 18.2 Å². The summed E-state index contributed by atoms with van der Waals surface area (Å²) in [5, 5.41) is 10.9. The SMILES string of the molecule is Cc1cc(C(=O)N2CCN(C(=O)CCC3CCCC3)CC2)ccc1[N+](=O)[O-]. The molecule has 3 rings (SSSR count). The average molecular weight is 373 g/mol. The Balaban J connectivity index is 1.50. The van der Waals surface area contributed by atoms with Crippen LogP contribution in [0.4, 0.5) is 5.69 Å². The smallest absolute Gasteiger partial charge is 0.272 e. The molecule has 0 N–H and O–H groups in total. The monoisotopic (exact) mass is 373 g/mol. The third kappa shape index (κ3) is 4.64. The number of rotatable bonds is 5. The summed E-state index contributed by atoms with van der Waals surface area (Å²) in [5.74, 6) is 0.772. The number of carbonyl (C=O) groups excluding carboxylic acids is 2. The fourth-order valence-corrected chi connectivity index (χ4v) is 4.12. The topological polar surface area (TPSA) is 83.8 Å². The first-order chi connectivity index (χ1) is 13.0. The zero-order chi connectivity index (χ0) is 19.4. The molecular weight excluding hydrogens is 346 g/mol. The third-order valence-electron chi connectivity index (χ3n) is 5.80. The molecule has 1 saturated heterocycles. The summed E-state index contributed by atoms with van der Waals surface area (Å²) < 4.78 is 0. The van der Waals surface area contributed by atoms with Crippen LogP contribution in [-0.4, -0.2) is 52.7 Å².